The first-order valence-electron chi connectivity index (χ1n) is 5.96. The summed E-state index contributed by atoms with van der Waals surface area (Å²) in [5.74, 6) is 1.78. The number of aromatic nitrogens is 3. The van der Waals surface area contributed by atoms with Crippen molar-refractivity contribution >= 4 is 23.5 Å². The van der Waals surface area contributed by atoms with E-state index in [9.17, 15) is 0 Å². The smallest absolute Gasteiger partial charge is 0.231 e. The van der Waals surface area contributed by atoms with Gasteiger partial charge in [0.1, 0.15) is 0 Å². The molecule has 0 unspecified atom stereocenters. The summed E-state index contributed by atoms with van der Waals surface area (Å²) in [7, 11) is 1.78. The summed E-state index contributed by atoms with van der Waals surface area (Å²) in [6.45, 7) is 5.34. The molecule has 0 atom stereocenters. The van der Waals surface area contributed by atoms with Crippen molar-refractivity contribution in [3.8, 4) is 0 Å². The molecule has 1 aliphatic rings. The van der Waals surface area contributed by atoms with Crippen LogP contribution in [0.5, 0.6) is 0 Å². The van der Waals surface area contributed by atoms with Gasteiger partial charge < -0.3 is 10.2 Å². The molecule has 0 aromatic carbocycles. The van der Waals surface area contributed by atoms with E-state index in [1.54, 1.807) is 7.05 Å². The van der Waals surface area contributed by atoms with Crippen molar-refractivity contribution in [1.29, 1.82) is 0 Å². The van der Waals surface area contributed by atoms with Gasteiger partial charge >= 0.3 is 0 Å². The molecule has 0 spiro atoms. The lowest BCUT2D eigenvalue weighted by molar-refractivity contribution is 0.596. The van der Waals surface area contributed by atoms with Crippen LogP contribution < -0.4 is 10.2 Å². The molecule has 1 aliphatic carbocycles. The minimum Gasteiger partial charge on any atom is -0.357 e. The van der Waals surface area contributed by atoms with Crippen molar-refractivity contribution in [2.75, 3.05) is 23.8 Å². The van der Waals surface area contributed by atoms with Crippen molar-refractivity contribution in [3.63, 3.8) is 0 Å². The third kappa shape index (κ3) is 3.19. The highest BCUT2D eigenvalue weighted by Gasteiger charge is 2.31. The molecule has 5 nitrogen and oxygen atoms in total. The van der Waals surface area contributed by atoms with Gasteiger partial charge in [0.15, 0.2) is 0 Å². The van der Waals surface area contributed by atoms with Crippen LogP contribution in [0.3, 0.4) is 0 Å². The van der Waals surface area contributed by atoms with E-state index in [1.165, 1.54) is 12.8 Å². The average molecular weight is 256 g/mol. The molecule has 0 aliphatic heterocycles. The normalized spacial score (nSPS) is 15.1. The first kappa shape index (κ1) is 12.4. The van der Waals surface area contributed by atoms with Crippen LogP contribution in [-0.2, 0) is 0 Å². The first-order chi connectivity index (χ1) is 8.10. The Labute approximate surface area is 107 Å². The highest BCUT2D eigenvalue weighted by atomic mass is 35.5. The molecule has 0 bridgehead atoms. The van der Waals surface area contributed by atoms with Crippen molar-refractivity contribution < 1.29 is 0 Å². The number of halogens is 1. The van der Waals surface area contributed by atoms with Gasteiger partial charge in [-0.1, -0.05) is 13.8 Å². The second-order valence-corrected chi connectivity index (χ2v) is 5.09. The lowest BCUT2D eigenvalue weighted by Gasteiger charge is -2.24. The predicted octanol–water partition coefficient (Wildman–Crippen LogP) is 2.19. The number of hydrogen-bond acceptors (Lipinski definition) is 5. The van der Waals surface area contributed by atoms with Gasteiger partial charge in [-0.2, -0.15) is 15.0 Å². The Morgan fingerprint density at radius 2 is 2.06 bits per heavy atom. The number of anilines is 2. The van der Waals surface area contributed by atoms with Crippen LogP contribution in [0.1, 0.15) is 26.7 Å². The van der Waals surface area contributed by atoms with E-state index in [-0.39, 0.29) is 5.28 Å². The maximum absolute atomic E-state index is 5.91. The zero-order valence-corrected chi connectivity index (χ0v) is 11.2. The van der Waals surface area contributed by atoms with Crippen LogP contribution in [0, 0.1) is 5.92 Å². The SMILES string of the molecule is CNc1nc(Cl)nc(N(CC(C)C)C2CC2)n1. The van der Waals surface area contributed by atoms with Crippen LogP contribution in [0.25, 0.3) is 0 Å². The molecule has 0 radical (unpaired) electrons. The first-order valence-corrected chi connectivity index (χ1v) is 6.34. The lowest BCUT2D eigenvalue weighted by atomic mass is 10.2. The summed E-state index contributed by atoms with van der Waals surface area (Å²) in [4.78, 5) is 14.8. The number of nitrogens with one attached hydrogen (secondary N) is 1. The van der Waals surface area contributed by atoms with E-state index in [0.29, 0.717) is 23.9 Å². The summed E-state index contributed by atoms with van der Waals surface area (Å²) in [5, 5.41) is 3.15. The van der Waals surface area contributed by atoms with Crippen LogP contribution in [-0.4, -0.2) is 34.6 Å². The molecular formula is C11H18ClN5. The Morgan fingerprint density at radius 3 is 2.59 bits per heavy atom. The van der Waals surface area contributed by atoms with Gasteiger partial charge in [-0.25, -0.2) is 0 Å². The molecule has 2 rings (SSSR count). The molecule has 1 fully saturated rings. The second kappa shape index (κ2) is 5.04. The summed E-state index contributed by atoms with van der Waals surface area (Å²) in [5.41, 5.74) is 0. The predicted molar refractivity (Wildman–Crippen MR) is 69.6 cm³/mol. The molecule has 0 saturated heterocycles. The molecule has 1 saturated carbocycles. The van der Waals surface area contributed by atoms with E-state index in [1.807, 2.05) is 0 Å². The Bertz CT molecular complexity index is 391. The lowest BCUT2D eigenvalue weighted by Crippen LogP contribution is -2.31. The van der Waals surface area contributed by atoms with Gasteiger partial charge in [-0.05, 0) is 30.4 Å². The van der Waals surface area contributed by atoms with E-state index in [4.69, 9.17) is 11.6 Å². The Balaban J connectivity index is 2.25. The highest BCUT2D eigenvalue weighted by Crippen LogP contribution is 2.31. The molecule has 0 amide bonds. The van der Waals surface area contributed by atoms with Crippen LogP contribution in [0.2, 0.25) is 5.28 Å². The van der Waals surface area contributed by atoms with Crippen molar-refractivity contribution in [3.05, 3.63) is 5.28 Å². The van der Waals surface area contributed by atoms with E-state index in [2.05, 4.69) is 39.0 Å². The summed E-state index contributed by atoms with van der Waals surface area (Å²) in [6, 6.07) is 0.570. The molecular weight excluding hydrogens is 238 g/mol. The van der Waals surface area contributed by atoms with Gasteiger partial charge in [-0.15, -0.1) is 0 Å². The Morgan fingerprint density at radius 1 is 1.35 bits per heavy atom. The molecule has 1 N–H and O–H groups in total. The van der Waals surface area contributed by atoms with Gasteiger partial charge in [-0.3, -0.25) is 0 Å². The molecule has 1 aromatic rings. The fourth-order valence-corrected chi connectivity index (χ4v) is 1.91. The summed E-state index contributed by atoms with van der Waals surface area (Å²) < 4.78 is 0. The Kier molecular flexibility index (Phi) is 3.66. The topological polar surface area (TPSA) is 53.9 Å². The van der Waals surface area contributed by atoms with Crippen molar-refractivity contribution in [1.82, 2.24) is 15.0 Å². The van der Waals surface area contributed by atoms with E-state index < -0.39 is 0 Å². The second-order valence-electron chi connectivity index (χ2n) is 4.76. The van der Waals surface area contributed by atoms with Crippen LogP contribution >= 0.6 is 11.6 Å². The average Bonchev–Trinajstić information content (AvgIpc) is 3.08. The molecule has 6 heteroatoms. The monoisotopic (exact) mass is 255 g/mol. The molecule has 1 aromatic heterocycles. The van der Waals surface area contributed by atoms with Crippen LogP contribution in [0.15, 0.2) is 0 Å². The quantitative estimate of drug-likeness (QED) is 0.874. The third-order valence-corrected chi connectivity index (χ3v) is 2.80. The number of rotatable bonds is 5. The Hall–Kier alpha value is -1.10. The van der Waals surface area contributed by atoms with E-state index in [0.717, 1.165) is 6.54 Å². The van der Waals surface area contributed by atoms with E-state index >= 15 is 0 Å². The summed E-state index contributed by atoms with van der Waals surface area (Å²) >= 11 is 5.91. The highest BCUT2D eigenvalue weighted by molar-refractivity contribution is 6.28. The third-order valence-electron chi connectivity index (χ3n) is 2.63. The zero-order valence-electron chi connectivity index (χ0n) is 10.4. The fourth-order valence-electron chi connectivity index (χ4n) is 1.75. The fraction of sp³-hybridized carbons (Fsp3) is 0.727. The maximum Gasteiger partial charge on any atom is 0.231 e. The molecule has 17 heavy (non-hydrogen) atoms. The largest absolute Gasteiger partial charge is 0.357 e. The number of hydrogen-bond donors (Lipinski definition) is 1. The van der Waals surface area contributed by atoms with Gasteiger partial charge in [0.25, 0.3) is 0 Å². The summed E-state index contributed by atoms with van der Waals surface area (Å²) in [6.07, 6.45) is 2.43. The number of nitrogens with zero attached hydrogens (tertiary/aromatic N) is 4. The maximum atomic E-state index is 5.91. The zero-order chi connectivity index (χ0) is 12.4. The minimum atomic E-state index is 0.244. The van der Waals surface area contributed by atoms with Crippen molar-refractivity contribution in [2.45, 2.75) is 32.7 Å². The van der Waals surface area contributed by atoms with Gasteiger partial charge in [0.05, 0.1) is 0 Å². The standard InChI is InChI=1S/C11H18ClN5/c1-7(2)6-17(8-4-5-8)11-15-9(12)14-10(13-3)16-11/h7-8H,4-6H2,1-3H3,(H,13,14,15,16). The molecule has 1 heterocycles. The van der Waals surface area contributed by atoms with Crippen LogP contribution in [0.4, 0.5) is 11.9 Å². The molecule has 94 valence electrons. The van der Waals surface area contributed by atoms with Gasteiger partial charge in [0.2, 0.25) is 17.2 Å². The minimum absolute atomic E-state index is 0.244. The van der Waals surface area contributed by atoms with Crippen molar-refractivity contribution in [2.24, 2.45) is 5.92 Å². The van der Waals surface area contributed by atoms with Gasteiger partial charge in [0, 0.05) is 19.6 Å².